The number of fused-ring (bicyclic) bond motifs is 1. The van der Waals surface area contributed by atoms with Crippen LogP contribution in [0.2, 0.25) is 0 Å². The Balaban J connectivity index is 1.88. The minimum atomic E-state index is -0.143. The lowest BCUT2D eigenvalue weighted by Crippen LogP contribution is -2.20. The van der Waals surface area contributed by atoms with Gasteiger partial charge in [0.25, 0.3) is 0 Å². The zero-order valence-electron chi connectivity index (χ0n) is 12.6. The fraction of sp³-hybridized carbons (Fsp3) is 0.375. The minimum absolute atomic E-state index is 0.0864. The summed E-state index contributed by atoms with van der Waals surface area (Å²) in [6.07, 6.45) is 0. The number of anilines is 2. The molecule has 1 aromatic heterocycles. The number of nitrogens with zero attached hydrogens (tertiary/aromatic N) is 2. The SMILES string of the molecule is CC(C)(C)c1nc(N)cc(NC2COc3ccccc32)n1. The highest BCUT2D eigenvalue weighted by atomic mass is 16.5. The van der Waals surface area contributed by atoms with Crippen LogP contribution in [0.4, 0.5) is 11.6 Å². The lowest BCUT2D eigenvalue weighted by molar-refractivity contribution is 0.339. The van der Waals surface area contributed by atoms with E-state index in [9.17, 15) is 0 Å². The zero-order chi connectivity index (χ0) is 15.0. The third-order valence-electron chi connectivity index (χ3n) is 3.44. The zero-order valence-corrected chi connectivity index (χ0v) is 12.6. The topological polar surface area (TPSA) is 73.1 Å². The lowest BCUT2D eigenvalue weighted by Gasteiger charge is -2.19. The summed E-state index contributed by atoms with van der Waals surface area (Å²) in [5.74, 6) is 2.87. The van der Waals surface area contributed by atoms with Gasteiger partial charge in [-0.1, -0.05) is 39.0 Å². The average Bonchev–Trinajstić information content (AvgIpc) is 2.81. The van der Waals surface area contributed by atoms with Crippen molar-refractivity contribution in [3.63, 3.8) is 0 Å². The first-order valence-electron chi connectivity index (χ1n) is 7.07. The number of benzene rings is 1. The maximum absolute atomic E-state index is 5.90. The molecule has 0 saturated heterocycles. The summed E-state index contributed by atoms with van der Waals surface area (Å²) in [5, 5.41) is 3.39. The molecule has 0 radical (unpaired) electrons. The van der Waals surface area contributed by atoms with E-state index in [2.05, 4.69) is 42.1 Å². The number of hydrogen-bond acceptors (Lipinski definition) is 5. The van der Waals surface area contributed by atoms with Crippen LogP contribution in [0.1, 0.15) is 38.2 Å². The van der Waals surface area contributed by atoms with Crippen molar-refractivity contribution in [2.45, 2.75) is 32.2 Å². The van der Waals surface area contributed by atoms with Gasteiger partial charge in [0.15, 0.2) is 0 Å². The van der Waals surface area contributed by atoms with Crippen molar-refractivity contribution in [1.82, 2.24) is 9.97 Å². The Hall–Kier alpha value is -2.30. The maximum Gasteiger partial charge on any atom is 0.138 e. The molecule has 0 spiro atoms. The highest BCUT2D eigenvalue weighted by molar-refractivity contribution is 5.50. The predicted molar refractivity (Wildman–Crippen MR) is 83.4 cm³/mol. The van der Waals surface area contributed by atoms with Gasteiger partial charge >= 0.3 is 0 Å². The number of nitrogens with one attached hydrogen (secondary N) is 1. The van der Waals surface area contributed by atoms with Gasteiger partial charge in [-0.05, 0) is 6.07 Å². The van der Waals surface area contributed by atoms with Gasteiger partial charge < -0.3 is 15.8 Å². The summed E-state index contributed by atoms with van der Waals surface area (Å²) >= 11 is 0. The molecule has 5 heteroatoms. The largest absolute Gasteiger partial charge is 0.491 e. The fourth-order valence-electron chi connectivity index (χ4n) is 2.34. The van der Waals surface area contributed by atoms with Gasteiger partial charge in [0.05, 0.1) is 6.04 Å². The summed E-state index contributed by atoms with van der Waals surface area (Å²) < 4.78 is 5.67. The number of hydrogen-bond donors (Lipinski definition) is 2. The Morgan fingerprint density at radius 1 is 1.24 bits per heavy atom. The summed E-state index contributed by atoms with van der Waals surface area (Å²) in [6.45, 7) is 6.80. The van der Waals surface area contributed by atoms with Crippen molar-refractivity contribution >= 4 is 11.6 Å². The van der Waals surface area contributed by atoms with Crippen LogP contribution >= 0.6 is 0 Å². The molecule has 1 aliphatic heterocycles. The smallest absolute Gasteiger partial charge is 0.138 e. The van der Waals surface area contributed by atoms with Crippen LogP contribution in [0.5, 0.6) is 5.75 Å². The molecule has 2 heterocycles. The molecule has 1 aliphatic rings. The molecule has 5 nitrogen and oxygen atoms in total. The first kappa shape index (κ1) is 13.7. The number of nitrogen functional groups attached to an aromatic ring is 1. The van der Waals surface area contributed by atoms with Crippen LogP contribution < -0.4 is 15.8 Å². The van der Waals surface area contributed by atoms with Gasteiger partial charge in [0.2, 0.25) is 0 Å². The number of nitrogens with two attached hydrogens (primary N) is 1. The van der Waals surface area contributed by atoms with Crippen LogP contribution in [0.15, 0.2) is 30.3 Å². The van der Waals surface area contributed by atoms with E-state index in [1.54, 1.807) is 6.07 Å². The first-order valence-corrected chi connectivity index (χ1v) is 7.07. The van der Waals surface area contributed by atoms with Crippen molar-refractivity contribution in [3.8, 4) is 5.75 Å². The number of aromatic nitrogens is 2. The van der Waals surface area contributed by atoms with E-state index in [0.717, 1.165) is 23.0 Å². The van der Waals surface area contributed by atoms with Gasteiger partial charge in [0.1, 0.15) is 29.8 Å². The third-order valence-corrected chi connectivity index (χ3v) is 3.44. The molecular weight excluding hydrogens is 264 g/mol. The fourth-order valence-corrected chi connectivity index (χ4v) is 2.34. The summed E-state index contributed by atoms with van der Waals surface area (Å²) in [4.78, 5) is 8.90. The highest BCUT2D eigenvalue weighted by Gasteiger charge is 2.25. The van der Waals surface area contributed by atoms with Crippen LogP contribution in [0.25, 0.3) is 0 Å². The second-order valence-corrected chi connectivity index (χ2v) is 6.30. The van der Waals surface area contributed by atoms with Crippen LogP contribution in [0, 0.1) is 0 Å². The highest BCUT2D eigenvalue weighted by Crippen LogP contribution is 2.34. The first-order chi connectivity index (χ1) is 9.93. The van der Waals surface area contributed by atoms with E-state index in [1.807, 2.05) is 18.2 Å². The normalized spacial score (nSPS) is 17.2. The van der Waals surface area contributed by atoms with E-state index >= 15 is 0 Å². The molecule has 0 aliphatic carbocycles. The number of ether oxygens (including phenoxy) is 1. The van der Waals surface area contributed by atoms with Crippen LogP contribution in [-0.2, 0) is 5.41 Å². The van der Waals surface area contributed by atoms with Crippen molar-refractivity contribution in [3.05, 3.63) is 41.7 Å². The van der Waals surface area contributed by atoms with Crippen molar-refractivity contribution in [2.75, 3.05) is 17.7 Å². The minimum Gasteiger partial charge on any atom is -0.491 e. The summed E-state index contributed by atoms with van der Waals surface area (Å²) in [5.41, 5.74) is 6.91. The Morgan fingerprint density at radius 2 is 2.00 bits per heavy atom. The molecule has 0 saturated carbocycles. The molecule has 21 heavy (non-hydrogen) atoms. The molecular formula is C16H20N4O. The summed E-state index contributed by atoms with van der Waals surface area (Å²) in [6, 6.07) is 9.87. The van der Waals surface area contributed by atoms with Gasteiger partial charge in [-0.3, -0.25) is 0 Å². The second-order valence-electron chi connectivity index (χ2n) is 6.30. The Kier molecular flexibility index (Phi) is 3.20. The number of rotatable bonds is 2. The molecule has 1 atom stereocenters. The Bertz CT molecular complexity index is 664. The van der Waals surface area contributed by atoms with Gasteiger partial charge in [-0.25, -0.2) is 9.97 Å². The standard InChI is InChI=1S/C16H20N4O/c1-16(2,3)15-19-13(17)8-14(20-15)18-11-9-21-12-7-5-4-6-10(11)12/h4-8,11H,9H2,1-3H3,(H3,17,18,19,20). The van der Waals surface area contributed by atoms with E-state index in [1.165, 1.54) is 0 Å². The molecule has 2 aromatic rings. The Morgan fingerprint density at radius 3 is 2.76 bits per heavy atom. The lowest BCUT2D eigenvalue weighted by atomic mass is 9.96. The predicted octanol–water partition coefficient (Wildman–Crippen LogP) is 2.90. The molecule has 1 unspecified atom stereocenters. The van der Waals surface area contributed by atoms with E-state index in [4.69, 9.17) is 10.5 Å². The third kappa shape index (κ3) is 2.77. The van der Waals surface area contributed by atoms with Crippen molar-refractivity contribution in [1.29, 1.82) is 0 Å². The van der Waals surface area contributed by atoms with Crippen molar-refractivity contribution < 1.29 is 4.74 Å². The Labute approximate surface area is 124 Å². The molecule has 3 rings (SSSR count). The van der Waals surface area contributed by atoms with Gasteiger partial charge in [-0.2, -0.15) is 0 Å². The van der Waals surface area contributed by atoms with E-state index in [0.29, 0.717) is 12.4 Å². The average molecular weight is 284 g/mol. The molecule has 0 amide bonds. The quantitative estimate of drug-likeness (QED) is 0.887. The molecule has 3 N–H and O–H groups in total. The van der Waals surface area contributed by atoms with E-state index < -0.39 is 0 Å². The van der Waals surface area contributed by atoms with Gasteiger partial charge in [0, 0.05) is 17.0 Å². The molecule has 1 aromatic carbocycles. The molecule has 0 bridgehead atoms. The van der Waals surface area contributed by atoms with Crippen LogP contribution in [-0.4, -0.2) is 16.6 Å². The molecule has 110 valence electrons. The van der Waals surface area contributed by atoms with Crippen LogP contribution in [0.3, 0.4) is 0 Å². The van der Waals surface area contributed by atoms with Gasteiger partial charge in [-0.15, -0.1) is 0 Å². The van der Waals surface area contributed by atoms with E-state index in [-0.39, 0.29) is 11.5 Å². The second kappa shape index (κ2) is 4.91. The van der Waals surface area contributed by atoms with Crippen molar-refractivity contribution in [2.24, 2.45) is 0 Å². The summed E-state index contributed by atoms with van der Waals surface area (Å²) in [7, 11) is 0. The number of para-hydroxylation sites is 1. The monoisotopic (exact) mass is 284 g/mol. The molecule has 0 fully saturated rings. The maximum atomic E-state index is 5.90.